The zero-order valence-electron chi connectivity index (χ0n) is 16.5. The van der Waals surface area contributed by atoms with Crippen LogP contribution in [0.15, 0.2) is 39.7 Å². The summed E-state index contributed by atoms with van der Waals surface area (Å²) in [6, 6.07) is 10.1. The minimum atomic E-state index is 0. The number of aliphatic imine (C=N–C) groups is 1. The fourth-order valence-corrected chi connectivity index (χ4v) is 3.02. The molecule has 2 N–H and O–H groups in total. The Morgan fingerprint density at radius 3 is 2.67 bits per heavy atom. The van der Waals surface area contributed by atoms with Gasteiger partial charge in [0.2, 0.25) is 0 Å². The number of hydrogen-bond acceptors (Lipinski definition) is 3. The van der Waals surface area contributed by atoms with Crippen molar-refractivity contribution in [1.82, 2.24) is 20.4 Å². The lowest BCUT2D eigenvalue weighted by atomic mass is 10.2. The van der Waals surface area contributed by atoms with Gasteiger partial charge in [-0.25, -0.2) is 4.99 Å². The fourth-order valence-electron chi connectivity index (χ4n) is 3.02. The summed E-state index contributed by atoms with van der Waals surface area (Å²) in [4.78, 5) is 4.74. The Hall–Kier alpha value is -2.03. The van der Waals surface area contributed by atoms with Crippen LogP contribution in [-0.2, 0) is 13.6 Å². The normalized spacial score (nSPS) is 12.7. The molecule has 0 aliphatic carbocycles. The maximum atomic E-state index is 5.95. The van der Waals surface area contributed by atoms with Gasteiger partial charge in [0.05, 0.1) is 18.3 Å². The maximum Gasteiger partial charge on any atom is 0.192 e. The third kappa shape index (κ3) is 4.82. The largest absolute Gasteiger partial charge is 0.459 e. The van der Waals surface area contributed by atoms with Gasteiger partial charge in [0.15, 0.2) is 5.96 Å². The third-order valence-corrected chi connectivity index (χ3v) is 4.62. The van der Waals surface area contributed by atoms with E-state index in [1.807, 2.05) is 36.9 Å². The van der Waals surface area contributed by atoms with Crippen molar-refractivity contribution in [3.63, 3.8) is 0 Å². The van der Waals surface area contributed by atoms with Crippen LogP contribution in [-0.4, -0.2) is 22.3 Å². The summed E-state index contributed by atoms with van der Waals surface area (Å²) in [5.41, 5.74) is 4.24. The molecule has 0 spiro atoms. The van der Waals surface area contributed by atoms with Crippen molar-refractivity contribution in [2.45, 2.75) is 40.3 Å². The van der Waals surface area contributed by atoms with Crippen LogP contribution in [0, 0.1) is 13.8 Å². The molecular weight excluding hydrogens is 453 g/mol. The fraction of sp³-hybridized carbons (Fsp3) is 0.400. The average Bonchev–Trinajstić information content (AvgIpc) is 3.15. The van der Waals surface area contributed by atoms with E-state index < -0.39 is 0 Å². The molecule has 0 aliphatic heterocycles. The van der Waals surface area contributed by atoms with Crippen molar-refractivity contribution >= 4 is 40.9 Å². The van der Waals surface area contributed by atoms with Crippen LogP contribution in [0.5, 0.6) is 0 Å². The smallest absolute Gasteiger partial charge is 0.192 e. The Morgan fingerprint density at radius 1 is 1.30 bits per heavy atom. The average molecular weight is 481 g/mol. The second-order valence-electron chi connectivity index (χ2n) is 6.52. The Morgan fingerprint density at radius 2 is 2.04 bits per heavy atom. The van der Waals surface area contributed by atoms with Gasteiger partial charge in [-0.2, -0.15) is 5.10 Å². The van der Waals surface area contributed by atoms with Gasteiger partial charge in [-0.1, -0.05) is 18.2 Å². The van der Waals surface area contributed by atoms with E-state index in [9.17, 15) is 0 Å². The molecule has 3 rings (SSSR count). The topological polar surface area (TPSA) is 67.4 Å². The van der Waals surface area contributed by atoms with E-state index in [2.05, 4.69) is 48.6 Å². The highest BCUT2D eigenvalue weighted by molar-refractivity contribution is 14.0. The van der Waals surface area contributed by atoms with Crippen LogP contribution in [0.1, 0.15) is 42.6 Å². The van der Waals surface area contributed by atoms with E-state index in [0.717, 1.165) is 40.6 Å². The molecule has 2 aromatic heterocycles. The lowest BCUT2D eigenvalue weighted by Crippen LogP contribution is -2.38. The zero-order chi connectivity index (χ0) is 18.7. The first-order chi connectivity index (χ1) is 12.5. The van der Waals surface area contributed by atoms with Gasteiger partial charge in [-0.3, -0.25) is 4.68 Å². The SMILES string of the molecule is CCNC(=NCc1c(C)nn(C)c1C)NC(C)c1cc2ccccc2o1.I. The van der Waals surface area contributed by atoms with Crippen LogP contribution in [0.2, 0.25) is 0 Å². The summed E-state index contributed by atoms with van der Waals surface area (Å²) >= 11 is 0. The molecule has 7 heteroatoms. The molecule has 1 atom stereocenters. The number of rotatable bonds is 5. The standard InChI is InChI=1S/C20H27N5O.HI/c1-6-21-20(22-12-17-13(2)24-25(5)15(17)4)23-14(3)19-11-16-9-7-8-10-18(16)26-19;/h7-11,14H,6,12H2,1-5H3,(H2,21,22,23);1H. The molecule has 0 radical (unpaired) electrons. The molecule has 6 nitrogen and oxygen atoms in total. The molecule has 0 fully saturated rings. The predicted octanol–water partition coefficient (Wildman–Crippen LogP) is 4.22. The van der Waals surface area contributed by atoms with Gasteiger partial charge < -0.3 is 15.1 Å². The molecule has 0 saturated carbocycles. The minimum Gasteiger partial charge on any atom is -0.459 e. The number of guanidine groups is 1. The van der Waals surface area contributed by atoms with Gasteiger partial charge in [0.25, 0.3) is 0 Å². The van der Waals surface area contributed by atoms with Crippen LogP contribution in [0.3, 0.4) is 0 Å². The quantitative estimate of drug-likeness (QED) is 0.326. The number of fused-ring (bicyclic) bond motifs is 1. The molecule has 1 unspecified atom stereocenters. The van der Waals surface area contributed by atoms with Crippen molar-refractivity contribution in [2.24, 2.45) is 12.0 Å². The van der Waals surface area contributed by atoms with Crippen LogP contribution in [0.4, 0.5) is 0 Å². The number of para-hydroxylation sites is 1. The highest BCUT2D eigenvalue weighted by Crippen LogP contribution is 2.23. The van der Waals surface area contributed by atoms with Crippen LogP contribution in [0.25, 0.3) is 11.0 Å². The molecule has 0 bridgehead atoms. The maximum absolute atomic E-state index is 5.95. The summed E-state index contributed by atoms with van der Waals surface area (Å²) < 4.78 is 7.85. The van der Waals surface area contributed by atoms with E-state index in [1.165, 1.54) is 5.56 Å². The molecule has 1 aromatic carbocycles. The summed E-state index contributed by atoms with van der Waals surface area (Å²) in [6.07, 6.45) is 0. The highest BCUT2D eigenvalue weighted by atomic mass is 127. The van der Waals surface area contributed by atoms with E-state index in [1.54, 1.807) is 0 Å². The van der Waals surface area contributed by atoms with Gasteiger partial charge >= 0.3 is 0 Å². The van der Waals surface area contributed by atoms with E-state index in [4.69, 9.17) is 9.41 Å². The molecule has 27 heavy (non-hydrogen) atoms. The summed E-state index contributed by atoms with van der Waals surface area (Å²) in [5.74, 6) is 1.66. The molecule has 146 valence electrons. The predicted molar refractivity (Wildman–Crippen MR) is 121 cm³/mol. The second kappa shape index (κ2) is 9.25. The Kier molecular flexibility index (Phi) is 7.29. The second-order valence-corrected chi connectivity index (χ2v) is 6.52. The summed E-state index contributed by atoms with van der Waals surface area (Å²) in [7, 11) is 1.96. The number of aryl methyl sites for hydroxylation is 2. The first-order valence-corrected chi connectivity index (χ1v) is 9.02. The third-order valence-electron chi connectivity index (χ3n) is 4.62. The number of halogens is 1. The molecule has 2 heterocycles. The Labute approximate surface area is 177 Å². The first-order valence-electron chi connectivity index (χ1n) is 9.02. The lowest BCUT2D eigenvalue weighted by Gasteiger charge is -2.16. The molecule has 0 amide bonds. The monoisotopic (exact) mass is 481 g/mol. The molecule has 0 aliphatic rings. The number of benzene rings is 1. The number of aromatic nitrogens is 2. The molecule has 3 aromatic rings. The lowest BCUT2D eigenvalue weighted by molar-refractivity contribution is 0.488. The summed E-state index contributed by atoms with van der Waals surface area (Å²) in [5, 5.41) is 12.3. The van der Waals surface area contributed by atoms with Crippen molar-refractivity contribution in [2.75, 3.05) is 6.54 Å². The van der Waals surface area contributed by atoms with Crippen molar-refractivity contribution in [3.05, 3.63) is 53.0 Å². The van der Waals surface area contributed by atoms with Crippen molar-refractivity contribution in [3.8, 4) is 0 Å². The van der Waals surface area contributed by atoms with Crippen LogP contribution >= 0.6 is 24.0 Å². The number of nitrogens with zero attached hydrogens (tertiary/aromatic N) is 3. The molecule has 0 saturated heterocycles. The summed E-state index contributed by atoms with van der Waals surface area (Å²) in [6.45, 7) is 9.61. The first kappa shape index (κ1) is 21.3. The minimum absolute atomic E-state index is 0. The van der Waals surface area contributed by atoms with Gasteiger partial charge in [0, 0.05) is 30.2 Å². The van der Waals surface area contributed by atoms with Crippen LogP contribution < -0.4 is 10.6 Å². The number of furan rings is 1. The van der Waals surface area contributed by atoms with E-state index >= 15 is 0 Å². The van der Waals surface area contributed by atoms with Gasteiger partial charge in [-0.15, -0.1) is 24.0 Å². The Bertz CT molecular complexity index is 895. The molecular formula is C20H28IN5O. The van der Waals surface area contributed by atoms with E-state index in [0.29, 0.717) is 6.54 Å². The highest BCUT2D eigenvalue weighted by Gasteiger charge is 2.14. The zero-order valence-corrected chi connectivity index (χ0v) is 18.9. The van der Waals surface area contributed by atoms with Crippen molar-refractivity contribution < 1.29 is 4.42 Å². The van der Waals surface area contributed by atoms with Gasteiger partial charge in [0.1, 0.15) is 11.3 Å². The Balaban J connectivity index is 0.00000261. The number of hydrogen-bond donors (Lipinski definition) is 2. The van der Waals surface area contributed by atoms with E-state index in [-0.39, 0.29) is 30.0 Å². The van der Waals surface area contributed by atoms with Gasteiger partial charge in [-0.05, 0) is 39.8 Å². The number of nitrogens with one attached hydrogen (secondary N) is 2. The van der Waals surface area contributed by atoms with Crippen molar-refractivity contribution in [1.29, 1.82) is 0 Å².